The average Bonchev–Trinajstić information content (AvgIpc) is 2.75. The van der Waals surface area contributed by atoms with Gasteiger partial charge in [0.05, 0.1) is 0 Å². The average molecular weight is 379 g/mol. The van der Waals surface area contributed by atoms with Crippen molar-refractivity contribution in [2.75, 3.05) is 0 Å². The van der Waals surface area contributed by atoms with Gasteiger partial charge >= 0.3 is 0 Å². The number of hydrogen-bond donors (Lipinski definition) is 0. The lowest BCUT2D eigenvalue weighted by Crippen LogP contribution is -2.25. The Morgan fingerprint density at radius 3 is 2.00 bits per heavy atom. The van der Waals surface area contributed by atoms with Gasteiger partial charge in [0.2, 0.25) is 0 Å². The van der Waals surface area contributed by atoms with Gasteiger partial charge in [0, 0.05) is 11.5 Å². The van der Waals surface area contributed by atoms with E-state index in [1.54, 1.807) is 0 Å². The highest BCUT2D eigenvalue weighted by atomic mass is 14.3. The third-order valence-electron chi connectivity index (χ3n) is 7.47. The normalized spacial score (nSPS) is 27.8. The van der Waals surface area contributed by atoms with E-state index in [1.807, 2.05) is 0 Å². The molecular formula is C28H42. The minimum atomic E-state index is 0.636. The second-order valence-electron chi connectivity index (χ2n) is 9.60. The molecule has 0 nitrogen and oxygen atoms in total. The highest BCUT2D eigenvalue weighted by Crippen LogP contribution is 2.42. The fourth-order valence-corrected chi connectivity index (χ4v) is 5.61. The minimum Gasteiger partial charge on any atom is -0.0945 e. The van der Waals surface area contributed by atoms with Gasteiger partial charge in [-0.3, -0.25) is 0 Å². The van der Waals surface area contributed by atoms with Crippen molar-refractivity contribution in [2.24, 2.45) is 23.7 Å². The molecular weight excluding hydrogens is 336 g/mol. The summed E-state index contributed by atoms with van der Waals surface area (Å²) in [5.41, 5.74) is 2.67. The van der Waals surface area contributed by atoms with Crippen LogP contribution in [0.25, 0.3) is 0 Å². The first-order chi connectivity index (χ1) is 13.8. The van der Waals surface area contributed by atoms with E-state index < -0.39 is 0 Å². The molecule has 0 aromatic heterocycles. The molecule has 0 spiro atoms. The molecule has 154 valence electrons. The Hall–Kier alpha value is -1.22. The second-order valence-corrected chi connectivity index (χ2v) is 9.60. The van der Waals surface area contributed by atoms with Crippen LogP contribution in [0.5, 0.6) is 0 Å². The minimum absolute atomic E-state index is 0.636. The maximum atomic E-state index is 3.61. The lowest BCUT2D eigenvalue weighted by Gasteiger charge is -2.37. The molecule has 0 bridgehead atoms. The Kier molecular flexibility index (Phi) is 8.98. The standard InChI is InChI=1S/C28H42/c1-3-5-6-8-24-9-11-25(12-10-24)13-14-26-17-21-28(22-18-26)27-19-15-23(7-4-2)16-20-27/h9-12,23,26-28H,3-8,15-22H2,1-2H3/t23-,26-,27-,28-. The van der Waals surface area contributed by atoms with Gasteiger partial charge in [-0.2, -0.15) is 0 Å². The SMILES string of the molecule is CCCCCc1ccc(C#C[C@H]2CC[C@H]([C@H]3CC[C@H](CCC)CC3)CC2)cc1. The lowest BCUT2D eigenvalue weighted by molar-refractivity contribution is 0.154. The Morgan fingerprint density at radius 2 is 1.39 bits per heavy atom. The van der Waals surface area contributed by atoms with Crippen LogP contribution >= 0.6 is 0 Å². The van der Waals surface area contributed by atoms with Crippen LogP contribution in [0.3, 0.4) is 0 Å². The van der Waals surface area contributed by atoms with Gasteiger partial charge in [-0.05, 0) is 86.8 Å². The summed E-state index contributed by atoms with van der Waals surface area (Å²) in [7, 11) is 0. The van der Waals surface area contributed by atoms with Gasteiger partial charge in [-0.25, -0.2) is 0 Å². The molecule has 0 radical (unpaired) electrons. The summed E-state index contributed by atoms with van der Waals surface area (Å²) in [5.74, 6) is 10.8. The van der Waals surface area contributed by atoms with Gasteiger partial charge < -0.3 is 0 Å². The summed E-state index contributed by atoms with van der Waals surface area (Å²) < 4.78 is 0. The number of aryl methyl sites for hydroxylation is 1. The highest BCUT2D eigenvalue weighted by Gasteiger charge is 2.30. The first-order valence-electron chi connectivity index (χ1n) is 12.4. The summed E-state index contributed by atoms with van der Waals surface area (Å²) in [6.45, 7) is 4.61. The number of hydrogen-bond acceptors (Lipinski definition) is 0. The molecule has 0 atom stereocenters. The molecule has 2 aliphatic carbocycles. The van der Waals surface area contributed by atoms with Gasteiger partial charge in [0.1, 0.15) is 0 Å². The number of unbranched alkanes of at least 4 members (excludes halogenated alkanes) is 2. The van der Waals surface area contributed by atoms with Gasteiger partial charge in [-0.15, -0.1) is 0 Å². The van der Waals surface area contributed by atoms with Crippen LogP contribution in [0.15, 0.2) is 24.3 Å². The quantitative estimate of drug-likeness (QED) is 0.331. The molecule has 1 aromatic rings. The van der Waals surface area contributed by atoms with Crippen molar-refractivity contribution in [1.29, 1.82) is 0 Å². The van der Waals surface area contributed by atoms with E-state index in [1.165, 1.54) is 101 Å². The van der Waals surface area contributed by atoms with Gasteiger partial charge in [-0.1, -0.05) is 76.3 Å². The fraction of sp³-hybridized carbons (Fsp3) is 0.714. The summed E-state index contributed by atoms with van der Waals surface area (Å²) in [4.78, 5) is 0. The molecule has 2 aliphatic rings. The Bertz CT molecular complexity index is 598. The Morgan fingerprint density at radius 1 is 0.750 bits per heavy atom. The predicted octanol–water partition coefficient (Wildman–Crippen LogP) is 8.18. The largest absolute Gasteiger partial charge is 0.0945 e. The molecule has 0 aliphatic heterocycles. The lowest BCUT2D eigenvalue weighted by atomic mass is 9.69. The van der Waals surface area contributed by atoms with Crippen LogP contribution in [-0.2, 0) is 6.42 Å². The summed E-state index contributed by atoms with van der Waals surface area (Å²) in [6, 6.07) is 9.03. The molecule has 0 N–H and O–H groups in total. The van der Waals surface area contributed by atoms with Crippen LogP contribution < -0.4 is 0 Å². The van der Waals surface area contributed by atoms with Crippen LogP contribution in [0, 0.1) is 35.5 Å². The molecule has 3 rings (SSSR count). The van der Waals surface area contributed by atoms with Crippen molar-refractivity contribution in [2.45, 2.75) is 104 Å². The smallest absolute Gasteiger partial charge is 0.0245 e. The van der Waals surface area contributed by atoms with Crippen molar-refractivity contribution < 1.29 is 0 Å². The van der Waals surface area contributed by atoms with Gasteiger partial charge in [0.15, 0.2) is 0 Å². The Balaban J connectivity index is 1.40. The topological polar surface area (TPSA) is 0 Å². The van der Waals surface area contributed by atoms with Crippen molar-refractivity contribution in [1.82, 2.24) is 0 Å². The molecule has 2 fully saturated rings. The zero-order valence-electron chi connectivity index (χ0n) is 18.5. The molecule has 0 unspecified atom stereocenters. The third kappa shape index (κ3) is 6.69. The second kappa shape index (κ2) is 11.7. The first-order valence-corrected chi connectivity index (χ1v) is 12.4. The zero-order chi connectivity index (χ0) is 19.6. The predicted molar refractivity (Wildman–Crippen MR) is 122 cm³/mol. The van der Waals surface area contributed by atoms with E-state index in [4.69, 9.17) is 0 Å². The molecule has 0 heterocycles. The van der Waals surface area contributed by atoms with Gasteiger partial charge in [0.25, 0.3) is 0 Å². The van der Waals surface area contributed by atoms with Crippen LogP contribution in [0.2, 0.25) is 0 Å². The summed E-state index contributed by atoms with van der Waals surface area (Å²) in [6.07, 6.45) is 19.6. The van der Waals surface area contributed by atoms with Crippen LogP contribution in [0.1, 0.15) is 108 Å². The van der Waals surface area contributed by atoms with Crippen molar-refractivity contribution in [3.8, 4) is 11.8 Å². The van der Waals surface area contributed by atoms with E-state index in [0.29, 0.717) is 5.92 Å². The first kappa shape index (κ1) is 21.5. The maximum absolute atomic E-state index is 3.61. The Labute approximate surface area is 174 Å². The summed E-state index contributed by atoms with van der Waals surface area (Å²) in [5, 5.41) is 0. The van der Waals surface area contributed by atoms with E-state index in [-0.39, 0.29) is 0 Å². The maximum Gasteiger partial charge on any atom is 0.0245 e. The molecule has 0 saturated heterocycles. The van der Waals surface area contributed by atoms with Crippen molar-refractivity contribution in [3.63, 3.8) is 0 Å². The molecule has 28 heavy (non-hydrogen) atoms. The monoisotopic (exact) mass is 378 g/mol. The number of rotatable bonds is 7. The molecule has 0 amide bonds. The van der Waals surface area contributed by atoms with Crippen LogP contribution in [-0.4, -0.2) is 0 Å². The highest BCUT2D eigenvalue weighted by molar-refractivity contribution is 5.36. The third-order valence-corrected chi connectivity index (χ3v) is 7.47. The van der Waals surface area contributed by atoms with E-state index in [9.17, 15) is 0 Å². The number of benzene rings is 1. The molecule has 2 saturated carbocycles. The van der Waals surface area contributed by atoms with Crippen molar-refractivity contribution >= 4 is 0 Å². The van der Waals surface area contributed by atoms with Crippen molar-refractivity contribution in [3.05, 3.63) is 35.4 Å². The van der Waals surface area contributed by atoms with Crippen LogP contribution in [0.4, 0.5) is 0 Å². The fourth-order valence-electron chi connectivity index (χ4n) is 5.61. The zero-order valence-corrected chi connectivity index (χ0v) is 18.5. The van der Waals surface area contributed by atoms with E-state index in [0.717, 1.165) is 17.8 Å². The summed E-state index contributed by atoms with van der Waals surface area (Å²) >= 11 is 0. The molecule has 1 aromatic carbocycles. The van der Waals surface area contributed by atoms with E-state index in [2.05, 4.69) is 50.0 Å². The molecule has 0 heteroatoms. The van der Waals surface area contributed by atoms with E-state index >= 15 is 0 Å².